The van der Waals surface area contributed by atoms with Crippen LogP contribution in [0.4, 0.5) is 0 Å². The number of carbonyl (C=O) groups is 1. The lowest BCUT2D eigenvalue weighted by atomic mass is 9.76. The van der Waals surface area contributed by atoms with Crippen molar-refractivity contribution in [2.45, 2.75) is 53.0 Å². The van der Waals surface area contributed by atoms with E-state index in [1.165, 1.54) is 0 Å². The molecule has 0 aliphatic carbocycles. The summed E-state index contributed by atoms with van der Waals surface area (Å²) in [5.74, 6) is 0.609. The second-order valence-electron chi connectivity index (χ2n) is 6.88. The van der Waals surface area contributed by atoms with Gasteiger partial charge in [0.1, 0.15) is 0 Å². The highest BCUT2D eigenvalue weighted by Gasteiger charge is 2.24. The molecule has 1 rings (SSSR count). The van der Waals surface area contributed by atoms with E-state index < -0.39 is 0 Å². The fraction of sp³-hybridized carbons (Fsp3) is 0.611. The summed E-state index contributed by atoms with van der Waals surface area (Å²) < 4.78 is 0. The zero-order valence-corrected chi connectivity index (χ0v) is 13.9. The molecule has 21 heavy (non-hydrogen) atoms. The molecule has 0 aliphatic rings. The average molecular weight is 290 g/mol. The van der Waals surface area contributed by atoms with Gasteiger partial charge in [-0.3, -0.25) is 4.79 Å². The van der Waals surface area contributed by atoms with Crippen molar-refractivity contribution in [1.29, 1.82) is 0 Å². The van der Waals surface area contributed by atoms with Gasteiger partial charge in [-0.2, -0.15) is 0 Å². The molecule has 0 spiro atoms. The molecule has 0 saturated heterocycles. The maximum absolute atomic E-state index is 12.1. The Kier molecular flexibility index (Phi) is 6.90. The van der Waals surface area contributed by atoms with Crippen LogP contribution in [0.1, 0.15) is 58.6 Å². The first-order valence-corrected chi connectivity index (χ1v) is 7.89. The van der Waals surface area contributed by atoms with Crippen LogP contribution in [0.15, 0.2) is 30.3 Å². The summed E-state index contributed by atoms with van der Waals surface area (Å²) in [5, 5.41) is 3.07. The number of carbonyl (C=O) groups excluding carboxylic acids is 1. The van der Waals surface area contributed by atoms with Crippen LogP contribution in [0.3, 0.4) is 0 Å². The Morgan fingerprint density at radius 2 is 1.81 bits per heavy atom. The fourth-order valence-electron chi connectivity index (χ4n) is 2.66. The minimum atomic E-state index is 0.0568. The zero-order valence-electron chi connectivity index (χ0n) is 13.9. The van der Waals surface area contributed by atoms with Crippen LogP contribution in [0.5, 0.6) is 0 Å². The molecule has 2 unspecified atom stereocenters. The Balaban J connectivity index is 2.46. The number of rotatable bonds is 7. The summed E-state index contributed by atoms with van der Waals surface area (Å²) in [6.45, 7) is 9.37. The Morgan fingerprint density at radius 3 is 2.33 bits per heavy atom. The molecule has 0 saturated carbocycles. The van der Waals surface area contributed by atoms with E-state index in [9.17, 15) is 4.79 Å². The number of hydrogen-bond acceptors (Lipinski definition) is 2. The normalized spacial score (nSPS) is 14.5. The van der Waals surface area contributed by atoms with Gasteiger partial charge in [0.15, 0.2) is 0 Å². The third-order valence-corrected chi connectivity index (χ3v) is 4.14. The van der Waals surface area contributed by atoms with E-state index in [0.29, 0.717) is 18.9 Å². The Morgan fingerprint density at radius 1 is 1.19 bits per heavy atom. The maximum Gasteiger partial charge on any atom is 0.220 e. The van der Waals surface area contributed by atoms with Gasteiger partial charge in [-0.25, -0.2) is 0 Å². The summed E-state index contributed by atoms with van der Waals surface area (Å²) in [6.07, 6.45) is 2.44. The van der Waals surface area contributed by atoms with Crippen molar-refractivity contribution in [3.8, 4) is 0 Å². The largest absolute Gasteiger partial charge is 0.350 e. The minimum Gasteiger partial charge on any atom is -0.350 e. The summed E-state index contributed by atoms with van der Waals surface area (Å²) in [4.78, 5) is 12.1. The highest BCUT2D eigenvalue weighted by atomic mass is 16.1. The second kappa shape index (κ2) is 8.18. The van der Waals surface area contributed by atoms with Gasteiger partial charge >= 0.3 is 0 Å². The lowest BCUT2D eigenvalue weighted by molar-refractivity contribution is -0.122. The Bertz CT molecular complexity index is 423. The molecule has 118 valence electrons. The Labute approximate surface area is 129 Å². The molecular formula is C18H30N2O. The molecule has 0 aliphatic heterocycles. The number of nitrogens with one attached hydrogen (secondary N) is 1. The van der Waals surface area contributed by atoms with Crippen molar-refractivity contribution in [2.24, 2.45) is 17.1 Å². The van der Waals surface area contributed by atoms with Crippen LogP contribution in [0.25, 0.3) is 0 Å². The van der Waals surface area contributed by atoms with Crippen LogP contribution >= 0.6 is 0 Å². The van der Waals surface area contributed by atoms with Gasteiger partial charge in [0.2, 0.25) is 5.91 Å². The van der Waals surface area contributed by atoms with Crippen molar-refractivity contribution in [2.75, 3.05) is 6.54 Å². The summed E-state index contributed by atoms with van der Waals surface area (Å²) >= 11 is 0. The van der Waals surface area contributed by atoms with E-state index in [-0.39, 0.29) is 17.4 Å². The lowest BCUT2D eigenvalue weighted by Crippen LogP contribution is -2.29. The molecule has 2 atom stereocenters. The molecule has 0 radical (unpaired) electrons. The number of amides is 1. The van der Waals surface area contributed by atoms with E-state index in [0.717, 1.165) is 18.4 Å². The van der Waals surface area contributed by atoms with Gasteiger partial charge in [-0.05, 0) is 43.2 Å². The maximum atomic E-state index is 12.1. The molecule has 0 aromatic heterocycles. The van der Waals surface area contributed by atoms with Gasteiger partial charge < -0.3 is 11.1 Å². The van der Waals surface area contributed by atoms with Crippen molar-refractivity contribution in [3.05, 3.63) is 35.9 Å². The number of benzene rings is 1. The SMILES string of the molecule is CC(NC(=O)CCC(CCN)C(C)(C)C)c1ccccc1. The van der Waals surface area contributed by atoms with Crippen LogP contribution in [0.2, 0.25) is 0 Å². The first-order chi connectivity index (χ1) is 9.84. The highest BCUT2D eigenvalue weighted by Crippen LogP contribution is 2.32. The predicted molar refractivity (Wildman–Crippen MR) is 88.9 cm³/mol. The van der Waals surface area contributed by atoms with Crippen LogP contribution in [-0.2, 0) is 4.79 Å². The minimum absolute atomic E-state index is 0.0568. The molecule has 3 N–H and O–H groups in total. The van der Waals surface area contributed by atoms with Gasteiger partial charge in [0.25, 0.3) is 0 Å². The molecule has 1 aromatic carbocycles. The van der Waals surface area contributed by atoms with Crippen molar-refractivity contribution < 1.29 is 4.79 Å². The third-order valence-electron chi connectivity index (χ3n) is 4.14. The van der Waals surface area contributed by atoms with E-state index in [4.69, 9.17) is 5.73 Å². The van der Waals surface area contributed by atoms with E-state index in [1.807, 2.05) is 37.3 Å². The average Bonchev–Trinajstić information content (AvgIpc) is 2.43. The van der Waals surface area contributed by atoms with E-state index in [1.54, 1.807) is 0 Å². The lowest BCUT2D eigenvalue weighted by Gasteiger charge is -2.30. The van der Waals surface area contributed by atoms with Gasteiger partial charge in [0, 0.05) is 6.42 Å². The first-order valence-electron chi connectivity index (χ1n) is 7.89. The molecular weight excluding hydrogens is 260 g/mol. The zero-order chi connectivity index (χ0) is 15.9. The molecule has 0 fully saturated rings. The van der Waals surface area contributed by atoms with Crippen LogP contribution in [-0.4, -0.2) is 12.5 Å². The monoisotopic (exact) mass is 290 g/mol. The summed E-state index contributed by atoms with van der Waals surface area (Å²) in [6, 6.07) is 10.1. The molecule has 0 bridgehead atoms. The molecule has 0 heterocycles. The first kappa shape index (κ1) is 17.7. The highest BCUT2D eigenvalue weighted by molar-refractivity contribution is 5.76. The standard InChI is InChI=1S/C18H30N2O/c1-14(15-8-6-5-7-9-15)20-17(21)11-10-16(12-13-19)18(2,3)4/h5-9,14,16H,10-13,19H2,1-4H3,(H,20,21). The number of nitrogens with two attached hydrogens (primary N) is 1. The summed E-state index contributed by atoms with van der Waals surface area (Å²) in [7, 11) is 0. The molecule has 1 amide bonds. The van der Waals surface area contributed by atoms with Crippen LogP contribution < -0.4 is 11.1 Å². The van der Waals surface area contributed by atoms with Gasteiger partial charge in [-0.1, -0.05) is 51.1 Å². The summed E-state index contributed by atoms with van der Waals surface area (Å²) in [5.41, 5.74) is 7.03. The topological polar surface area (TPSA) is 55.1 Å². The van der Waals surface area contributed by atoms with Gasteiger partial charge in [-0.15, -0.1) is 0 Å². The second-order valence-corrected chi connectivity index (χ2v) is 6.88. The van der Waals surface area contributed by atoms with Gasteiger partial charge in [0.05, 0.1) is 6.04 Å². The molecule has 3 heteroatoms. The predicted octanol–water partition coefficient (Wildman–Crippen LogP) is 3.66. The molecule has 1 aromatic rings. The number of hydrogen-bond donors (Lipinski definition) is 2. The fourth-order valence-corrected chi connectivity index (χ4v) is 2.66. The third kappa shape index (κ3) is 6.30. The molecule has 3 nitrogen and oxygen atoms in total. The van der Waals surface area contributed by atoms with Crippen molar-refractivity contribution in [3.63, 3.8) is 0 Å². The Hall–Kier alpha value is -1.35. The van der Waals surface area contributed by atoms with E-state index >= 15 is 0 Å². The quantitative estimate of drug-likeness (QED) is 0.805. The van der Waals surface area contributed by atoms with Crippen LogP contribution in [0, 0.1) is 11.3 Å². The van der Waals surface area contributed by atoms with E-state index in [2.05, 4.69) is 26.1 Å². The smallest absolute Gasteiger partial charge is 0.220 e. The van der Waals surface area contributed by atoms with Crippen molar-refractivity contribution >= 4 is 5.91 Å². The van der Waals surface area contributed by atoms with Crippen molar-refractivity contribution in [1.82, 2.24) is 5.32 Å².